The van der Waals surface area contributed by atoms with Crippen molar-refractivity contribution < 1.29 is 61.8 Å². The number of anilines is 1. The lowest BCUT2D eigenvalue weighted by Crippen LogP contribution is -2.73. The molecule has 1 unspecified atom stereocenters. The van der Waals surface area contributed by atoms with Crippen LogP contribution in [0.5, 0.6) is 0 Å². The Kier molecular flexibility index (Phi) is 16.1. The predicted octanol–water partition coefficient (Wildman–Crippen LogP) is 2.86. The second kappa shape index (κ2) is 20.3. The number of carbonyl (C=O) groups excluding carboxylic acids is 5. The molecule has 57 heavy (non-hydrogen) atoms. The molecule has 0 radical (unpaired) electrons. The molecule has 3 heterocycles. The Bertz CT molecular complexity index is 1770. The van der Waals surface area contributed by atoms with Gasteiger partial charge >= 0.3 is 31.5 Å². The van der Waals surface area contributed by atoms with Gasteiger partial charge in [0.15, 0.2) is 17.9 Å². The molecule has 0 spiro atoms. The molecule has 2 aliphatic heterocycles. The number of carbonyl (C=O) groups is 5. The fourth-order valence-corrected chi connectivity index (χ4v) is 8.33. The van der Waals surface area contributed by atoms with Crippen LogP contribution < -0.4 is 4.90 Å². The van der Waals surface area contributed by atoms with Gasteiger partial charge in [0.05, 0.1) is 46.2 Å². The molecule has 314 valence electrons. The van der Waals surface area contributed by atoms with Gasteiger partial charge < -0.3 is 38.5 Å². The van der Waals surface area contributed by atoms with Crippen molar-refractivity contribution >= 4 is 43.3 Å². The van der Waals surface area contributed by atoms with Crippen LogP contribution >= 0.6 is 7.60 Å². The minimum Gasteiger partial charge on any atom is -0.467 e. The van der Waals surface area contributed by atoms with Crippen LogP contribution in [0.3, 0.4) is 0 Å². The van der Waals surface area contributed by atoms with E-state index in [1.807, 2.05) is 11.8 Å². The highest BCUT2D eigenvalue weighted by Gasteiger charge is 2.56. The molecule has 19 heteroatoms. The Morgan fingerprint density at radius 3 is 2.14 bits per heavy atom. The van der Waals surface area contributed by atoms with Gasteiger partial charge in [0.1, 0.15) is 30.6 Å². The molecule has 1 aromatic heterocycles. The van der Waals surface area contributed by atoms with Gasteiger partial charge in [-0.1, -0.05) is 57.5 Å². The monoisotopic (exact) mass is 819 g/mol. The second-order valence-electron chi connectivity index (χ2n) is 14.1. The first-order valence-corrected chi connectivity index (χ1v) is 21.1. The molecule has 2 N–H and O–H groups in total. The normalized spacial score (nSPS) is 18.3. The van der Waals surface area contributed by atoms with Crippen molar-refractivity contribution in [1.29, 1.82) is 0 Å². The van der Waals surface area contributed by atoms with Gasteiger partial charge in [0, 0.05) is 38.2 Å². The quantitative estimate of drug-likeness (QED) is 0.0772. The third-order valence-corrected chi connectivity index (χ3v) is 11.5. The standard InChI is InChI=1S/C38H55N6O12P/c1-7-10-22-56-38(49)41-18-20-44(21-19-41,31(9-3)37(48)55-6)35(46)30(25-57(50,51)52)43(29(8-2)36(47)54-5)34(45)28-23-32(42-17-16-27(24-42)53-4)40-33(39-28)26-14-12-11-13-15-26/h11-15,23,27,29-31H,7-10,16-22,24-25H2,1-6H3,(H-,50,51,52)/p+1/t27-,29?,30-,31-/m0/s1. The molecule has 2 fully saturated rings. The first-order chi connectivity index (χ1) is 27.2. The maximum Gasteiger partial charge on any atom is 0.410 e. The molecule has 2 aliphatic rings. The molecule has 0 saturated carbocycles. The van der Waals surface area contributed by atoms with Crippen molar-refractivity contribution in [3.63, 3.8) is 0 Å². The molecule has 4 rings (SSSR count). The van der Waals surface area contributed by atoms with Crippen LogP contribution in [0, 0.1) is 0 Å². The third kappa shape index (κ3) is 10.7. The average Bonchev–Trinajstić information content (AvgIpc) is 3.71. The minimum atomic E-state index is -5.17. The molecule has 4 atom stereocenters. The summed E-state index contributed by atoms with van der Waals surface area (Å²) in [6.07, 6.45) is 0.151. The van der Waals surface area contributed by atoms with Gasteiger partial charge in [-0.25, -0.2) is 33.6 Å². The maximum absolute atomic E-state index is 15.4. The second-order valence-corrected chi connectivity index (χ2v) is 15.8. The van der Waals surface area contributed by atoms with Gasteiger partial charge in [-0.3, -0.25) is 14.3 Å². The Hall–Kier alpha value is -4.48. The first kappa shape index (κ1) is 45.2. The van der Waals surface area contributed by atoms with E-state index in [2.05, 4.69) is 4.98 Å². The molecule has 18 nitrogen and oxygen atoms in total. The van der Waals surface area contributed by atoms with Crippen LogP contribution in [0.4, 0.5) is 10.6 Å². The number of benzene rings is 1. The third-order valence-electron chi connectivity index (χ3n) is 10.6. The Balaban J connectivity index is 1.92. The molecule has 0 bridgehead atoms. The topological polar surface area (TPSA) is 215 Å². The molecular weight excluding hydrogens is 763 g/mol. The van der Waals surface area contributed by atoms with Crippen molar-refractivity contribution in [2.75, 3.05) is 78.3 Å². The van der Waals surface area contributed by atoms with Crippen LogP contribution in [0.1, 0.15) is 63.4 Å². The number of nitrogens with zero attached hydrogens (tertiary/aromatic N) is 6. The highest BCUT2D eigenvalue weighted by molar-refractivity contribution is 7.51. The van der Waals surface area contributed by atoms with Crippen LogP contribution in [0.2, 0.25) is 0 Å². The van der Waals surface area contributed by atoms with Gasteiger partial charge in [-0.15, -0.1) is 0 Å². The molecule has 1 aromatic carbocycles. The van der Waals surface area contributed by atoms with Gasteiger partial charge in [0.2, 0.25) is 0 Å². The summed E-state index contributed by atoms with van der Waals surface area (Å²) in [6.45, 7) is 5.85. The number of unbranched alkanes of at least 4 members (excludes halogenated alkanes) is 1. The van der Waals surface area contributed by atoms with Gasteiger partial charge in [0.25, 0.3) is 5.91 Å². The molecular formula is C38H56N6O12P+. The molecule has 0 aliphatic carbocycles. The average molecular weight is 820 g/mol. The summed E-state index contributed by atoms with van der Waals surface area (Å²) >= 11 is 0. The Labute approximate surface area is 333 Å². The van der Waals surface area contributed by atoms with E-state index in [0.29, 0.717) is 37.3 Å². The van der Waals surface area contributed by atoms with Crippen molar-refractivity contribution in [2.45, 2.75) is 77.1 Å². The van der Waals surface area contributed by atoms with Gasteiger partial charge in [-0.2, -0.15) is 0 Å². The number of piperazine rings is 1. The van der Waals surface area contributed by atoms with E-state index in [-0.39, 0.29) is 63.2 Å². The fraction of sp³-hybridized carbons (Fsp3) is 0.605. The number of ether oxygens (including phenoxy) is 4. The number of methoxy groups -OCH3 is 3. The van der Waals surface area contributed by atoms with Gasteiger partial charge in [-0.05, 0) is 19.3 Å². The largest absolute Gasteiger partial charge is 0.467 e. The summed E-state index contributed by atoms with van der Waals surface area (Å²) in [6, 6.07) is 5.54. The minimum absolute atomic E-state index is 0.0537. The molecule has 2 saturated heterocycles. The Morgan fingerprint density at radius 1 is 0.930 bits per heavy atom. The summed E-state index contributed by atoms with van der Waals surface area (Å²) < 4.78 is 33.5. The molecule has 3 amide bonds. The predicted molar refractivity (Wildman–Crippen MR) is 207 cm³/mol. The Morgan fingerprint density at radius 2 is 1.60 bits per heavy atom. The number of aromatic nitrogens is 2. The zero-order chi connectivity index (χ0) is 41.9. The van der Waals surface area contributed by atoms with E-state index in [1.165, 1.54) is 11.0 Å². The lowest BCUT2D eigenvalue weighted by Gasteiger charge is -2.48. The highest BCUT2D eigenvalue weighted by Crippen LogP contribution is 2.40. The van der Waals surface area contributed by atoms with E-state index in [0.717, 1.165) is 25.5 Å². The van der Waals surface area contributed by atoms with Crippen molar-refractivity contribution in [3.8, 4) is 11.4 Å². The maximum atomic E-state index is 15.4. The number of rotatable bonds is 17. The van der Waals surface area contributed by atoms with E-state index in [4.69, 9.17) is 23.9 Å². The zero-order valence-electron chi connectivity index (χ0n) is 33.6. The summed E-state index contributed by atoms with van der Waals surface area (Å²) in [5.41, 5.74) is 0.307. The highest BCUT2D eigenvalue weighted by atomic mass is 31.2. The number of hydrogen-bond acceptors (Lipinski definition) is 13. The summed E-state index contributed by atoms with van der Waals surface area (Å²) in [5.74, 6) is -3.12. The summed E-state index contributed by atoms with van der Waals surface area (Å²) in [4.78, 5) is 105. The van der Waals surface area contributed by atoms with Crippen molar-refractivity contribution in [1.82, 2.24) is 19.8 Å². The van der Waals surface area contributed by atoms with Crippen molar-refractivity contribution in [3.05, 3.63) is 42.1 Å². The summed E-state index contributed by atoms with van der Waals surface area (Å²) in [5, 5.41) is 0. The van der Waals surface area contributed by atoms with E-state index in [9.17, 15) is 28.7 Å². The van der Waals surface area contributed by atoms with Crippen molar-refractivity contribution in [2.24, 2.45) is 0 Å². The number of hydrogen-bond donors (Lipinski definition) is 2. The van der Waals surface area contributed by atoms with Crippen LogP contribution in [-0.2, 0) is 37.9 Å². The summed E-state index contributed by atoms with van der Waals surface area (Å²) in [7, 11) is -1.31. The lowest BCUT2D eigenvalue weighted by atomic mass is 10.0. The van der Waals surface area contributed by atoms with E-state index in [1.54, 1.807) is 51.3 Å². The fourth-order valence-electron chi connectivity index (χ4n) is 7.54. The number of amides is 3. The van der Waals surface area contributed by atoms with E-state index < -0.39 is 66.2 Å². The number of quaternary nitrogens is 1. The van der Waals surface area contributed by atoms with Crippen LogP contribution in [0.25, 0.3) is 11.4 Å². The SMILES string of the molecule is CCCCOC(=O)N1CC[N+](C(=O)[C@H](CP(=O)(O)O)N(C(=O)c2cc(N3CC[C@H](OC)C3)nc(-c3ccccc3)n2)C(CC)C(=O)OC)([C@@H](CC)C(=O)OC)CC1. The lowest BCUT2D eigenvalue weighted by molar-refractivity contribution is -0.876. The molecule has 2 aromatic rings. The van der Waals surface area contributed by atoms with Crippen LogP contribution in [-0.4, -0.2) is 161 Å². The number of esters is 2. The zero-order valence-corrected chi connectivity index (χ0v) is 34.5. The smallest absolute Gasteiger partial charge is 0.410 e. The van der Waals surface area contributed by atoms with Crippen LogP contribution in [0.15, 0.2) is 36.4 Å². The first-order valence-electron chi connectivity index (χ1n) is 19.3. The van der Waals surface area contributed by atoms with E-state index >= 15 is 9.59 Å².